The third kappa shape index (κ3) is 16.5. The molecule has 31 heavy (non-hydrogen) atoms. The Morgan fingerprint density at radius 1 is 1.16 bits per heavy atom. The molecule has 0 spiro atoms. The highest BCUT2D eigenvalue weighted by Crippen LogP contribution is 2.11. The van der Waals surface area contributed by atoms with Crippen LogP contribution in [0.25, 0.3) is 0 Å². The van der Waals surface area contributed by atoms with Crippen LogP contribution in [0, 0.1) is 5.92 Å². The predicted octanol–water partition coefficient (Wildman–Crippen LogP) is 2.77. The lowest BCUT2D eigenvalue weighted by atomic mass is 10.0. The van der Waals surface area contributed by atoms with Gasteiger partial charge < -0.3 is 20.3 Å². The number of nitrogens with one attached hydrogen (secondary N) is 3. The van der Waals surface area contributed by atoms with Crippen molar-refractivity contribution >= 4 is 46.1 Å². The summed E-state index contributed by atoms with van der Waals surface area (Å²) in [6.07, 6.45) is 1.43. The summed E-state index contributed by atoms with van der Waals surface area (Å²) in [7, 11) is -1.40. The van der Waals surface area contributed by atoms with Gasteiger partial charge in [-0.15, -0.1) is 24.0 Å². The van der Waals surface area contributed by atoms with E-state index in [1.165, 1.54) is 0 Å². The van der Waals surface area contributed by atoms with Gasteiger partial charge in [0.2, 0.25) is 10.0 Å². The first kappa shape index (κ1) is 32.4. The highest BCUT2D eigenvalue weighted by Gasteiger charge is 2.24. The summed E-state index contributed by atoms with van der Waals surface area (Å²) < 4.78 is 31.0. The SMILES string of the molecule is CCNC(=NCC(C)(C)NS(C)(=O)=O)N(C)CCC(NC(=O)OC(C)(C)C)C(C)C.I. The maximum absolute atomic E-state index is 12.1. The number of carbonyl (C=O) groups is 1. The molecular formula is C20H44IN5O4S. The second-order valence-electron chi connectivity index (χ2n) is 9.64. The van der Waals surface area contributed by atoms with E-state index in [9.17, 15) is 13.2 Å². The lowest BCUT2D eigenvalue weighted by Gasteiger charge is -2.29. The summed E-state index contributed by atoms with van der Waals surface area (Å²) in [6, 6.07) is -0.0477. The Labute approximate surface area is 206 Å². The standard InChI is InChI=1S/C20H43N5O4S.HI/c1-11-21-17(22-14-20(7,8)24-30(10,27)28)25(9)13-12-16(15(2)3)23-18(26)29-19(4,5)6;/h15-16,24H,11-14H2,1-10H3,(H,21,22)(H,23,26);1H. The molecule has 0 bridgehead atoms. The second kappa shape index (κ2) is 13.7. The van der Waals surface area contributed by atoms with Gasteiger partial charge in [-0.1, -0.05) is 13.8 Å². The Morgan fingerprint density at radius 2 is 1.71 bits per heavy atom. The van der Waals surface area contributed by atoms with Gasteiger partial charge in [0.25, 0.3) is 0 Å². The van der Waals surface area contributed by atoms with Crippen LogP contribution in [-0.2, 0) is 14.8 Å². The van der Waals surface area contributed by atoms with Crippen LogP contribution in [0.4, 0.5) is 4.79 Å². The molecular weight excluding hydrogens is 533 g/mol. The van der Waals surface area contributed by atoms with E-state index in [2.05, 4.69) is 34.2 Å². The normalized spacial score (nSPS) is 14.0. The molecule has 0 aliphatic carbocycles. The highest BCUT2D eigenvalue weighted by atomic mass is 127. The van der Waals surface area contributed by atoms with Gasteiger partial charge in [-0.2, -0.15) is 0 Å². The monoisotopic (exact) mass is 577 g/mol. The van der Waals surface area contributed by atoms with Gasteiger partial charge in [-0.3, -0.25) is 4.99 Å². The zero-order valence-electron chi connectivity index (χ0n) is 20.8. The van der Waals surface area contributed by atoms with E-state index >= 15 is 0 Å². The Morgan fingerprint density at radius 3 is 2.13 bits per heavy atom. The average molecular weight is 578 g/mol. The molecule has 186 valence electrons. The van der Waals surface area contributed by atoms with E-state index in [1.54, 1.807) is 13.8 Å². The third-order valence-corrected chi connectivity index (χ3v) is 4.99. The van der Waals surface area contributed by atoms with Crippen LogP contribution in [-0.4, -0.2) is 75.5 Å². The maximum atomic E-state index is 12.1. The summed E-state index contributed by atoms with van der Waals surface area (Å²) in [5, 5.41) is 6.19. The minimum atomic E-state index is -3.32. The molecule has 0 saturated heterocycles. The highest BCUT2D eigenvalue weighted by molar-refractivity contribution is 14.0. The number of carbonyl (C=O) groups excluding carboxylic acids is 1. The molecule has 1 atom stereocenters. The van der Waals surface area contributed by atoms with Gasteiger partial charge in [-0.05, 0) is 53.9 Å². The first-order valence-electron chi connectivity index (χ1n) is 10.4. The lowest BCUT2D eigenvalue weighted by molar-refractivity contribution is 0.0485. The van der Waals surface area contributed by atoms with Gasteiger partial charge in [0.15, 0.2) is 5.96 Å². The average Bonchev–Trinajstić information content (AvgIpc) is 2.50. The van der Waals surface area contributed by atoms with Crippen LogP contribution >= 0.6 is 24.0 Å². The quantitative estimate of drug-likeness (QED) is 0.209. The van der Waals surface area contributed by atoms with Crippen molar-refractivity contribution in [3.05, 3.63) is 0 Å². The minimum Gasteiger partial charge on any atom is -0.444 e. The summed E-state index contributed by atoms with van der Waals surface area (Å²) >= 11 is 0. The molecule has 0 fully saturated rings. The Hall–Kier alpha value is -0.820. The van der Waals surface area contributed by atoms with E-state index in [0.717, 1.165) is 6.26 Å². The summed E-state index contributed by atoms with van der Waals surface area (Å²) in [5.74, 6) is 0.920. The number of halogens is 1. The zero-order valence-corrected chi connectivity index (χ0v) is 24.0. The molecule has 0 rings (SSSR count). The van der Waals surface area contributed by atoms with E-state index in [-0.39, 0.29) is 42.5 Å². The van der Waals surface area contributed by atoms with Gasteiger partial charge in [0.05, 0.1) is 12.8 Å². The van der Waals surface area contributed by atoms with Gasteiger partial charge in [0, 0.05) is 31.7 Å². The summed E-state index contributed by atoms with van der Waals surface area (Å²) in [5.41, 5.74) is -1.24. The number of ether oxygens (including phenoxy) is 1. The fourth-order valence-electron chi connectivity index (χ4n) is 2.75. The van der Waals surface area contributed by atoms with Crippen LogP contribution in [0.3, 0.4) is 0 Å². The van der Waals surface area contributed by atoms with Gasteiger partial charge in [-0.25, -0.2) is 17.9 Å². The summed E-state index contributed by atoms with van der Waals surface area (Å²) in [6.45, 7) is 16.8. The number of nitrogens with zero attached hydrogens (tertiary/aromatic N) is 2. The molecule has 1 unspecified atom stereocenters. The molecule has 0 aromatic rings. The second-order valence-corrected chi connectivity index (χ2v) is 11.4. The molecule has 0 aliphatic heterocycles. The first-order chi connectivity index (χ1) is 13.5. The van der Waals surface area contributed by atoms with Crippen molar-refractivity contribution in [2.45, 2.75) is 79.0 Å². The molecule has 1 amide bonds. The van der Waals surface area contributed by atoms with Crippen LogP contribution in [0.15, 0.2) is 4.99 Å². The Kier molecular flexibility index (Phi) is 14.3. The van der Waals surface area contributed by atoms with E-state index < -0.39 is 27.3 Å². The van der Waals surface area contributed by atoms with Gasteiger partial charge >= 0.3 is 6.09 Å². The van der Waals surface area contributed by atoms with Crippen LogP contribution in [0.1, 0.15) is 61.8 Å². The molecule has 0 saturated carbocycles. The maximum Gasteiger partial charge on any atom is 0.407 e. The smallest absolute Gasteiger partial charge is 0.407 e. The fraction of sp³-hybridized carbons (Fsp3) is 0.900. The van der Waals surface area contributed by atoms with Crippen molar-refractivity contribution in [2.75, 3.05) is 32.9 Å². The number of amides is 1. The molecule has 0 aliphatic rings. The topological polar surface area (TPSA) is 112 Å². The molecule has 0 aromatic heterocycles. The van der Waals surface area contributed by atoms with E-state index in [0.29, 0.717) is 25.5 Å². The van der Waals surface area contributed by atoms with Crippen LogP contribution in [0.5, 0.6) is 0 Å². The molecule has 0 radical (unpaired) electrons. The van der Waals surface area contributed by atoms with E-state index in [4.69, 9.17) is 4.74 Å². The number of rotatable bonds is 10. The Bertz CT molecular complexity index is 676. The lowest BCUT2D eigenvalue weighted by Crippen LogP contribution is -2.48. The molecule has 9 nitrogen and oxygen atoms in total. The number of guanidine groups is 1. The zero-order chi connectivity index (χ0) is 23.8. The van der Waals surface area contributed by atoms with Gasteiger partial charge in [0.1, 0.15) is 5.60 Å². The summed E-state index contributed by atoms with van der Waals surface area (Å²) in [4.78, 5) is 18.7. The molecule has 11 heteroatoms. The van der Waals surface area contributed by atoms with Crippen molar-refractivity contribution in [1.29, 1.82) is 0 Å². The minimum absolute atomic E-state index is 0. The van der Waals surface area contributed by atoms with E-state index in [1.807, 2.05) is 39.6 Å². The first-order valence-corrected chi connectivity index (χ1v) is 12.3. The predicted molar refractivity (Wildman–Crippen MR) is 139 cm³/mol. The van der Waals surface area contributed by atoms with Crippen molar-refractivity contribution < 1.29 is 17.9 Å². The van der Waals surface area contributed by atoms with Crippen molar-refractivity contribution in [3.63, 3.8) is 0 Å². The number of sulfonamides is 1. The van der Waals surface area contributed by atoms with Crippen molar-refractivity contribution in [3.8, 4) is 0 Å². The third-order valence-electron chi connectivity index (χ3n) is 4.06. The fourth-order valence-corrected chi connectivity index (χ4v) is 3.81. The number of alkyl carbamates (subject to hydrolysis) is 1. The van der Waals surface area contributed by atoms with Crippen LogP contribution in [0.2, 0.25) is 0 Å². The molecule has 0 aromatic carbocycles. The van der Waals surface area contributed by atoms with Crippen LogP contribution < -0.4 is 15.4 Å². The van der Waals surface area contributed by atoms with Crippen molar-refractivity contribution in [1.82, 2.24) is 20.3 Å². The molecule has 3 N–H and O–H groups in total. The molecule has 0 heterocycles. The van der Waals surface area contributed by atoms with Crippen molar-refractivity contribution in [2.24, 2.45) is 10.9 Å². The number of aliphatic imine (C=N–C) groups is 1. The number of hydrogen-bond donors (Lipinski definition) is 3. The largest absolute Gasteiger partial charge is 0.444 e. The number of hydrogen-bond acceptors (Lipinski definition) is 5. The Balaban J connectivity index is 0.